The van der Waals surface area contributed by atoms with Gasteiger partial charge in [-0.1, -0.05) is 30.3 Å². The second-order valence-electron chi connectivity index (χ2n) is 5.22. The third kappa shape index (κ3) is 4.99. The van der Waals surface area contributed by atoms with Crippen molar-refractivity contribution in [2.24, 2.45) is 0 Å². The first kappa shape index (κ1) is 17.8. The Hall–Kier alpha value is -2.53. The van der Waals surface area contributed by atoms with Gasteiger partial charge in [-0.2, -0.15) is 0 Å². The first-order valence-electron chi connectivity index (χ1n) is 7.82. The maximum absolute atomic E-state index is 11.6. The highest BCUT2D eigenvalue weighted by Crippen LogP contribution is 2.22. The normalized spacial score (nSPS) is 11.6. The van der Waals surface area contributed by atoms with Crippen LogP contribution in [0.1, 0.15) is 18.1 Å². The van der Waals surface area contributed by atoms with E-state index in [1.165, 1.54) is 0 Å². The van der Waals surface area contributed by atoms with Crippen molar-refractivity contribution >= 4 is 5.97 Å². The number of esters is 1. The number of hydrogen-bond donors (Lipinski definition) is 1. The quantitative estimate of drug-likeness (QED) is 0.754. The molecule has 128 valence electrons. The van der Waals surface area contributed by atoms with Crippen molar-refractivity contribution in [3.63, 3.8) is 0 Å². The summed E-state index contributed by atoms with van der Waals surface area (Å²) in [5, 5.41) is 9.93. The molecule has 0 saturated carbocycles. The van der Waals surface area contributed by atoms with Gasteiger partial charge in [0.1, 0.15) is 18.1 Å². The van der Waals surface area contributed by atoms with E-state index in [2.05, 4.69) is 0 Å². The van der Waals surface area contributed by atoms with Crippen LogP contribution in [0.3, 0.4) is 0 Å². The Morgan fingerprint density at radius 2 is 1.83 bits per heavy atom. The number of carbonyl (C=O) groups excluding carboxylic acids is 1. The van der Waals surface area contributed by atoms with Crippen LogP contribution in [0, 0.1) is 0 Å². The standard InChI is InChI=1S/C19H22O5/c1-3-23-19(21)17(20)12-15-6-4-5-7-18(15)24-13-14-8-10-16(22-2)11-9-14/h4-11,17,20H,3,12-13H2,1-2H3. The number of ether oxygens (including phenoxy) is 3. The summed E-state index contributed by atoms with van der Waals surface area (Å²) in [6.45, 7) is 2.33. The molecule has 2 aromatic carbocycles. The van der Waals surface area contributed by atoms with Gasteiger partial charge in [-0.05, 0) is 36.2 Å². The summed E-state index contributed by atoms with van der Waals surface area (Å²) >= 11 is 0. The molecule has 0 aliphatic heterocycles. The van der Waals surface area contributed by atoms with Gasteiger partial charge in [0.05, 0.1) is 13.7 Å². The van der Waals surface area contributed by atoms with Crippen LogP contribution >= 0.6 is 0 Å². The highest BCUT2D eigenvalue weighted by molar-refractivity contribution is 5.74. The second kappa shape index (κ2) is 8.93. The molecule has 5 nitrogen and oxygen atoms in total. The lowest BCUT2D eigenvalue weighted by Crippen LogP contribution is -2.25. The van der Waals surface area contributed by atoms with E-state index in [4.69, 9.17) is 14.2 Å². The molecule has 0 aromatic heterocycles. The number of aliphatic hydroxyl groups excluding tert-OH is 1. The highest BCUT2D eigenvalue weighted by Gasteiger charge is 2.18. The van der Waals surface area contributed by atoms with E-state index >= 15 is 0 Å². The zero-order valence-corrected chi connectivity index (χ0v) is 13.9. The third-order valence-corrected chi connectivity index (χ3v) is 3.50. The highest BCUT2D eigenvalue weighted by atomic mass is 16.5. The molecule has 2 rings (SSSR count). The molecular weight excluding hydrogens is 308 g/mol. The molecule has 5 heteroatoms. The van der Waals surface area contributed by atoms with Gasteiger partial charge in [0, 0.05) is 6.42 Å². The lowest BCUT2D eigenvalue weighted by Gasteiger charge is -2.14. The van der Waals surface area contributed by atoms with Crippen molar-refractivity contribution in [1.29, 1.82) is 0 Å². The van der Waals surface area contributed by atoms with E-state index in [1.54, 1.807) is 14.0 Å². The average Bonchev–Trinajstić information content (AvgIpc) is 2.61. The van der Waals surface area contributed by atoms with Gasteiger partial charge >= 0.3 is 5.97 Å². The number of benzene rings is 2. The Bertz CT molecular complexity index is 651. The molecule has 0 aliphatic rings. The summed E-state index contributed by atoms with van der Waals surface area (Å²) in [5.74, 6) is 0.802. The fourth-order valence-corrected chi connectivity index (χ4v) is 2.23. The van der Waals surface area contributed by atoms with Crippen molar-refractivity contribution in [1.82, 2.24) is 0 Å². The average molecular weight is 330 g/mol. The monoisotopic (exact) mass is 330 g/mol. The van der Waals surface area contributed by atoms with Gasteiger partial charge in [-0.15, -0.1) is 0 Å². The van der Waals surface area contributed by atoms with Crippen LogP contribution in [0.5, 0.6) is 11.5 Å². The summed E-state index contributed by atoms with van der Waals surface area (Å²) in [6.07, 6.45) is -1.05. The van der Waals surface area contributed by atoms with Gasteiger partial charge < -0.3 is 19.3 Å². The molecule has 1 N–H and O–H groups in total. The van der Waals surface area contributed by atoms with Crippen LogP contribution in [-0.4, -0.2) is 30.9 Å². The maximum atomic E-state index is 11.6. The fraction of sp³-hybridized carbons (Fsp3) is 0.316. The lowest BCUT2D eigenvalue weighted by atomic mass is 10.1. The molecule has 0 bridgehead atoms. The number of hydrogen-bond acceptors (Lipinski definition) is 5. The minimum atomic E-state index is -1.20. The van der Waals surface area contributed by atoms with Crippen molar-refractivity contribution in [3.8, 4) is 11.5 Å². The summed E-state index contributed by atoms with van der Waals surface area (Å²) in [6, 6.07) is 14.9. The second-order valence-corrected chi connectivity index (χ2v) is 5.22. The Balaban J connectivity index is 2.01. The van der Waals surface area contributed by atoms with Crippen molar-refractivity contribution in [2.45, 2.75) is 26.1 Å². The van der Waals surface area contributed by atoms with Crippen molar-refractivity contribution in [3.05, 3.63) is 59.7 Å². The minimum absolute atomic E-state index is 0.150. The maximum Gasteiger partial charge on any atom is 0.335 e. The summed E-state index contributed by atoms with van der Waals surface area (Å²) in [5.41, 5.74) is 1.75. The largest absolute Gasteiger partial charge is 0.497 e. The molecule has 1 atom stereocenters. The summed E-state index contributed by atoms with van der Waals surface area (Å²) in [7, 11) is 1.62. The van der Waals surface area contributed by atoms with Crippen LogP contribution in [0.2, 0.25) is 0 Å². The molecule has 0 aliphatic carbocycles. The third-order valence-electron chi connectivity index (χ3n) is 3.50. The molecule has 0 fully saturated rings. The molecule has 2 aromatic rings. The molecule has 0 heterocycles. The number of rotatable bonds is 8. The molecule has 0 radical (unpaired) electrons. The SMILES string of the molecule is CCOC(=O)C(O)Cc1ccccc1OCc1ccc(OC)cc1. The van der Waals surface area contributed by atoms with Gasteiger partial charge in [0.2, 0.25) is 0 Å². The van der Waals surface area contributed by atoms with Crippen LogP contribution in [-0.2, 0) is 22.6 Å². The van der Waals surface area contributed by atoms with Gasteiger partial charge in [-0.25, -0.2) is 4.79 Å². The molecule has 1 unspecified atom stereocenters. The fourth-order valence-electron chi connectivity index (χ4n) is 2.23. The van der Waals surface area contributed by atoms with Crippen LogP contribution < -0.4 is 9.47 Å². The Labute approximate surface area is 141 Å². The Morgan fingerprint density at radius 3 is 2.50 bits per heavy atom. The number of methoxy groups -OCH3 is 1. The molecular formula is C19H22O5. The first-order chi connectivity index (χ1) is 11.6. The van der Waals surface area contributed by atoms with Gasteiger partial charge in [-0.3, -0.25) is 0 Å². The number of para-hydroxylation sites is 1. The van der Waals surface area contributed by atoms with Crippen LogP contribution in [0.4, 0.5) is 0 Å². The Kier molecular flexibility index (Phi) is 6.63. The van der Waals surface area contributed by atoms with E-state index in [9.17, 15) is 9.90 Å². The molecule has 0 saturated heterocycles. The van der Waals surface area contributed by atoms with Crippen molar-refractivity contribution < 1.29 is 24.1 Å². The molecule has 0 spiro atoms. The van der Waals surface area contributed by atoms with Crippen LogP contribution in [0.25, 0.3) is 0 Å². The predicted molar refractivity (Wildman–Crippen MR) is 90.1 cm³/mol. The molecule has 24 heavy (non-hydrogen) atoms. The predicted octanol–water partition coefficient (Wildman–Crippen LogP) is 2.74. The minimum Gasteiger partial charge on any atom is -0.497 e. The summed E-state index contributed by atoms with van der Waals surface area (Å²) < 4.78 is 15.8. The number of aliphatic hydroxyl groups is 1. The summed E-state index contributed by atoms with van der Waals surface area (Å²) in [4.78, 5) is 11.6. The van der Waals surface area contributed by atoms with Gasteiger partial charge in [0.15, 0.2) is 6.10 Å². The topological polar surface area (TPSA) is 65.0 Å². The van der Waals surface area contributed by atoms with E-state index in [0.717, 1.165) is 16.9 Å². The molecule has 0 amide bonds. The van der Waals surface area contributed by atoms with E-state index in [1.807, 2.05) is 48.5 Å². The lowest BCUT2D eigenvalue weighted by molar-refractivity contribution is -0.152. The number of carbonyl (C=O) groups is 1. The van der Waals surface area contributed by atoms with Crippen molar-refractivity contribution in [2.75, 3.05) is 13.7 Å². The van der Waals surface area contributed by atoms with E-state index in [-0.39, 0.29) is 13.0 Å². The van der Waals surface area contributed by atoms with E-state index < -0.39 is 12.1 Å². The zero-order chi connectivity index (χ0) is 17.4. The van der Waals surface area contributed by atoms with E-state index in [0.29, 0.717) is 12.4 Å². The zero-order valence-electron chi connectivity index (χ0n) is 13.9. The first-order valence-corrected chi connectivity index (χ1v) is 7.82. The Morgan fingerprint density at radius 1 is 1.12 bits per heavy atom. The van der Waals surface area contributed by atoms with Crippen LogP contribution in [0.15, 0.2) is 48.5 Å². The van der Waals surface area contributed by atoms with Gasteiger partial charge in [0.25, 0.3) is 0 Å². The smallest absolute Gasteiger partial charge is 0.335 e.